The molecule has 0 unspecified atom stereocenters. The van der Waals surface area contributed by atoms with E-state index in [1.807, 2.05) is 0 Å². The van der Waals surface area contributed by atoms with Crippen LogP contribution in [0.3, 0.4) is 0 Å². The van der Waals surface area contributed by atoms with E-state index in [1.54, 1.807) is 24.3 Å². The van der Waals surface area contributed by atoms with Crippen molar-refractivity contribution in [2.45, 2.75) is 12.8 Å². The van der Waals surface area contributed by atoms with Crippen LogP contribution in [0.5, 0.6) is 5.88 Å². The van der Waals surface area contributed by atoms with Crippen LogP contribution in [-0.2, 0) is 6.42 Å². The first-order chi connectivity index (χ1) is 8.65. The summed E-state index contributed by atoms with van der Waals surface area (Å²) in [5.41, 5.74) is 5.95. The zero-order chi connectivity index (χ0) is 13.1. The predicted octanol–water partition coefficient (Wildman–Crippen LogP) is 1.42. The minimum Gasteiger partial charge on any atom is -0.493 e. The van der Waals surface area contributed by atoms with Crippen molar-refractivity contribution in [1.82, 2.24) is 9.78 Å². The molecule has 0 saturated heterocycles. The van der Waals surface area contributed by atoms with E-state index in [2.05, 4.69) is 5.10 Å². The van der Waals surface area contributed by atoms with Crippen LogP contribution in [0, 0.1) is 0 Å². The van der Waals surface area contributed by atoms with E-state index in [0.29, 0.717) is 35.7 Å². The van der Waals surface area contributed by atoms with Crippen LogP contribution in [0.15, 0.2) is 29.1 Å². The Morgan fingerprint density at radius 2 is 2.11 bits per heavy atom. The lowest BCUT2D eigenvalue weighted by molar-refractivity contribution is 0.427. The number of nitrogens with zero attached hydrogens (tertiary/aromatic N) is 1. The summed E-state index contributed by atoms with van der Waals surface area (Å²) in [6.45, 7) is 0.468. The molecule has 0 amide bonds. The zero-order valence-electron chi connectivity index (χ0n) is 9.69. The number of rotatable bonds is 4. The number of nitrogens with two attached hydrogens (primary N) is 1. The van der Waals surface area contributed by atoms with Crippen LogP contribution < -0.4 is 11.3 Å². The molecule has 0 bridgehead atoms. The van der Waals surface area contributed by atoms with Crippen molar-refractivity contribution >= 4 is 11.6 Å². The van der Waals surface area contributed by atoms with Crippen LogP contribution in [0.4, 0.5) is 0 Å². The van der Waals surface area contributed by atoms with E-state index in [9.17, 15) is 9.90 Å². The Bertz CT molecular complexity index is 604. The van der Waals surface area contributed by atoms with Crippen LogP contribution in [0.2, 0.25) is 5.02 Å². The lowest BCUT2D eigenvalue weighted by Crippen LogP contribution is -2.09. The van der Waals surface area contributed by atoms with Gasteiger partial charge in [0.25, 0.3) is 5.56 Å². The minimum absolute atomic E-state index is 0.110. The standard InChI is InChI=1S/C12H14ClN3O2/c13-9-5-1-2-6-10(9)16-12(18)8(4-3-7-14)11(17)15-16/h1-2,5-6,18H,3-4,7,14H2,(H,15,17). The normalized spacial score (nSPS) is 10.8. The fraction of sp³-hybridized carbons (Fsp3) is 0.250. The molecule has 0 spiro atoms. The van der Waals surface area contributed by atoms with Gasteiger partial charge in [0.05, 0.1) is 16.3 Å². The number of para-hydroxylation sites is 1. The third-order valence-electron chi connectivity index (χ3n) is 2.69. The lowest BCUT2D eigenvalue weighted by atomic mass is 10.2. The maximum Gasteiger partial charge on any atom is 0.271 e. The molecule has 4 N–H and O–H groups in total. The quantitative estimate of drug-likeness (QED) is 0.783. The Labute approximate surface area is 109 Å². The van der Waals surface area contributed by atoms with E-state index < -0.39 is 0 Å². The molecule has 18 heavy (non-hydrogen) atoms. The Morgan fingerprint density at radius 1 is 1.39 bits per heavy atom. The second kappa shape index (κ2) is 5.29. The van der Waals surface area contributed by atoms with Gasteiger partial charge in [-0.3, -0.25) is 9.89 Å². The summed E-state index contributed by atoms with van der Waals surface area (Å²) in [7, 11) is 0. The second-order valence-corrected chi connectivity index (χ2v) is 4.33. The van der Waals surface area contributed by atoms with Crippen molar-refractivity contribution in [3.05, 3.63) is 45.2 Å². The van der Waals surface area contributed by atoms with Crippen LogP contribution >= 0.6 is 11.6 Å². The van der Waals surface area contributed by atoms with Crippen molar-refractivity contribution in [2.24, 2.45) is 5.73 Å². The first-order valence-corrected chi connectivity index (χ1v) is 6.00. The summed E-state index contributed by atoms with van der Waals surface area (Å²) in [5, 5.41) is 13.1. The number of halogens is 1. The average molecular weight is 268 g/mol. The molecule has 0 fully saturated rings. The Kier molecular flexibility index (Phi) is 3.74. The number of nitrogens with one attached hydrogen (secondary N) is 1. The first-order valence-electron chi connectivity index (χ1n) is 5.63. The highest BCUT2D eigenvalue weighted by Crippen LogP contribution is 2.24. The van der Waals surface area contributed by atoms with E-state index in [-0.39, 0.29) is 11.4 Å². The molecule has 0 atom stereocenters. The van der Waals surface area contributed by atoms with Crippen molar-refractivity contribution in [1.29, 1.82) is 0 Å². The fourth-order valence-electron chi connectivity index (χ4n) is 1.77. The van der Waals surface area contributed by atoms with Crippen molar-refractivity contribution in [3.63, 3.8) is 0 Å². The monoisotopic (exact) mass is 267 g/mol. The number of hydrogen-bond donors (Lipinski definition) is 3. The third kappa shape index (κ3) is 2.27. The molecule has 1 aromatic heterocycles. The maximum atomic E-state index is 11.7. The van der Waals surface area contributed by atoms with Crippen LogP contribution in [0.25, 0.3) is 5.69 Å². The number of aromatic hydroxyl groups is 1. The predicted molar refractivity (Wildman–Crippen MR) is 70.4 cm³/mol. The van der Waals surface area contributed by atoms with Gasteiger partial charge < -0.3 is 10.8 Å². The van der Waals surface area contributed by atoms with Gasteiger partial charge in [-0.2, -0.15) is 0 Å². The summed E-state index contributed by atoms with van der Waals surface area (Å²) >= 11 is 6.02. The van der Waals surface area contributed by atoms with Gasteiger partial charge in [0, 0.05) is 0 Å². The van der Waals surface area contributed by atoms with Crippen molar-refractivity contribution < 1.29 is 5.11 Å². The molecule has 6 heteroatoms. The second-order valence-electron chi connectivity index (χ2n) is 3.92. The molecule has 96 valence electrons. The smallest absolute Gasteiger partial charge is 0.271 e. The summed E-state index contributed by atoms with van der Waals surface area (Å²) in [6.07, 6.45) is 1.08. The third-order valence-corrected chi connectivity index (χ3v) is 3.01. The van der Waals surface area contributed by atoms with Crippen LogP contribution in [0.1, 0.15) is 12.0 Å². The average Bonchev–Trinajstić information content (AvgIpc) is 2.63. The topological polar surface area (TPSA) is 84.0 Å². The molecule has 1 aromatic carbocycles. The van der Waals surface area contributed by atoms with Gasteiger partial charge in [0.1, 0.15) is 0 Å². The SMILES string of the molecule is NCCCc1c(O)n(-c2ccccc2Cl)[nH]c1=O. The van der Waals surface area contributed by atoms with E-state index in [1.165, 1.54) is 4.68 Å². The molecule has 0 radical (unpaired) electrons. The lowest BCUT2D eigenvalue weighted by Gasteiger charge is -2.06. The van der Waals surface area contributed by atoms with Gasteiger partial charge in [-0.25, -0.2) is 4.68 Å². The molecule has 2 aromatic rings. The Morgan fingerprint density at radius 3 is 2.78 bits per heavy atom. The highest BCUT2D eigenvalue weighted by molar-refractivity contribution is 6.32. The highest BCUT2D eigenvalue weighted by atomic mass is 35.5. The van der Waals surface area contributed by atoms with Gasteiger partial charge in [-0.1, -0.05) is 23.7 Å². The molecule has 0 saturated carbocycles. The van der Waals surface area contributed by atoms with E-state index in [0.717, 1.165) is 0 Å². The summed E-state index contributed by atoms with van der Waals surface area (Å²) in [5.74, 6) is -0.110. The van der Waals surface area contributed by atoms with Crippen LogP contribution in [-0.4, -0.2) is 21.4 Å². The molecular formula is C12H14ClN3O2. The van der Waals surface area contributed by atoms with E-state index >= 15 is 0 Å². The molecule has 1 heterocycles. The molecular weight excluding hydrogens is 254 g/mol. The highest BCUT2D eigenvalue weighted by Gasteiger charge is 2.15. The Balaban J connectivity index is 2.48. The van der Waals surface area contributed by atoms with Gasteiger partial charge in [0.15, 0.2) is 0 Å². The van der Waals surface area contributed by atoms with Gasteiger partial charge in [-0.15, -0.1) is 0 Å². The summed E-state index contributed by atoms with van der Waals surface area (Å²) in [4.78, 5) is 11.7. The number of aromatic amines is 1. The molecule has 0 aliphatic rings. The molecule has 0 aliphatic heterocycles. The number of hydrogen-bond acceptors (Lipinski definition) is 3. The summed E-state index contributed by atoms with van der Waals surface area (Å²) in [6, 6.07) is 6.96. The number of aromatic nitrogens is 2. The minimum atomic E-state index is -0.319. The summed E-state index contributed by atoms with van der Waals surface area (Å²) < 4.78 is 1.29. The van der Waals surface area contributed by atoms with E-state index in [4.69, 9.17) is 17.3 Å². The molecule has 5 nitrogen and oxygen atoms in total. The Hall–Kier alpha value is -1.72. The van der Waals surface area contributed by atoms with Gasteiger partial charge in [0.2, 0.25) is 5.88 Å². The van der Waals surface area contributed by atoms with Gasteiger partial charge >= 0.3 is 0 Å². The zero-order valence-corrected chi connectivity index (χ0v) is 10.4. The number of H-pyrrole nitrogens is 1. The van der Waals surface area contributed by atoms with Crippen molar-refractivity contribution in [2.75, 3.05) is 6.54 Å². The largest absolute Gasteiger partial charge is 0.493 e. The maximum absolute atomic E-state index is 11.7. The number of benzene rings is 1. The van der Waals surface area contributed by atoms with Crippen molar-refractivity contribution in [3.8, 4) is 11.6 Å². The molecule has 2 rings (SSSR count). The molecule has 0 aliphatic carbocycles. The first kappa shape index (κ1) is 12.7. The van der Waals surface area contributed by atoms with Gasteiger partial charge in [-0.05, 0) is 31.5 Å². The fourth-order valence-corrected chi connectivity index (χ4v) is 1.99.